The molecule has 0 saturated heterocycles. The zero-order valence-corrected chi connectivity index (χ0v) is 10.1. The van der Waals surface area contributed by atoms with E-state index in [4.69, 9.17) is 0 Å². The minimum Gasteiger partial charge on any atom is -0.340 e. The second kappa shape index (κ2) is 5.76. The SMILES string of the molecule is CNC(=O)NNc1ccc(-c2ccc(F)cc2)nn1. The van der Waals surface area contributed by atoms with Gasteiger partial charge in [0, 0.05) is 12.6 Å². The molecule has 0 bridgehead atoms. The van der Waals surface area contributed by atoms with Crippen molar-refractivity contribution in [2.75, 3.05) is 12.5 Å². The van der Waals surface area contributed by atoms with E-state index < -0.39 is 0 Å². The summed E-state index contributed by atoms with van der Waals surface area (Å²) >= 11 is 0. The third-order valence-corrected chi connectivity index (χ3v) is 2.34. The Morgan fingerprint density at radius 1 is 1.11 bits per heavy atom. The second-order valence-corrected chi connectivity index (χ2v) is 3.64. The van der Waals surface area contributed by atoms with Crippen LogP contribution in [0.4, 0.5) is 15.0 Å². The summed E-state index contributed by atoms with van der Waals surface area (Å²) in [4.78, 5) is 10.9. The molecular weight excluding hydrogens is 249 g/mol. The van der Waals surface area contributed by atoms with Crippen molar-refractivity contribution in [3.8, 4) is 11.3 Å². The molecule has 0 unspecified atom stereocenters. The summed E-state index contributed by atoms with van der Waals surface area (Å²) < 4.78 is 12.8. The van der Waals surface area contributed by atoms with Gasteiger partial charge in [-0.1, -0.05) is 0 Å². The molecule has 0 saturated carbocycles. The Hall–Kier alpha value is -2.70. The largest absolute Gasteiger partial charge is 0.340 e. The molecule has 0 aliphatic heterocycles. The number of rotatable bonds is 3. The van der Waals surface area contributed by atoms with Crippen LogP contribution in [0.25, 0.3) is 11.3 Å². The normalized spacial score (nSPS) is 9.79. The molecule has 1 heterocycles. The van der Waals surface area contributed by atoms with Gasteiger partial charge in [-0.05, 0) is 36.4 Å². The Balaban J connectivity index is 2.06. The number of nitrogens with one attached hydrogen (secondary N) is 3. The number of hydrogen-bond donors (Lipinski definition) is 3. The molecule has 0 aliphatic carbocycles. The molecular formula is C12H12FN5O. The number of hydrogen-bond acceptors (Lipinski definition) is 4. The number of amides is 2. The van der Waals surface area contributed by atoms with Crippen LogP contribution in [0, 0.1) is 5.82 Å². The number of anilines is 1. The van der Waals surface area contributed by atoms with Crippen molar-refractivity contribution in [1.82, 2.24) is 20.9 Å². The van der Waals surface area contributed by atoms with Gasteiger partial charge in [0.2, 0.25) is 0 Å². The van der Waals surface area contributed by atoms with E-state index in [0.717, 1.165) is 5.56 Å². The lowest BCUT2D eigenvalue weighted by atomic mass is 10.1. The predicted molar refractivity (Wildman–Crippen MR) is 68.6 cm³/mol. The Bertz CT molecular complexity index is 555. The Morgan fingerprint density at radius 3 is 2.42 bits per heavy atom. The topological polar surface area (TPSA) is 78.9 Å². The van der Waals surface area contributed by atoms with E-state index in [1.54, 1.807) is 24.3 Å². The second-order valence-electron chi connectivity index (χ2n) is 3.64. The van der Waals surface area contributed by atoms with Crippen molar-refractivity contribution in [3.63, 3.8) is 0 Å². The monoisotopic (exact) mass is 261 g/mol. The third kappa shape index (κ3) is 3.38. The van der Waals surface area contributed by atoms with Crippen molar-refractivity contribution >= 4 is 11.8 Å². The van der Waals surface area contributed by atoms with E-state index in [1.165, 1.54) is 19.2 Å². The summed E-state index contributed by atoms with van der Waals surface area (Å²) in [7, 11) is 1.50. The molecule has 2 aromatic rings. The van der Waals surface area contributed by atoms with Crippen LogP contribution in [0.1, 0.15) is 0 Å². The molecule has 0 fully saturated rings. The molecule has 3 N–H and O–H groups in total. The summed E-state index contributed by atoms with van der Waals surface area (Å²) in [5.41, 5.74) is 6.33. The highest BCUT2D eigenvalue weighted by molar-refractivity contribution is 5.74. The average Bonchev–Trinajstić information content (AvgIpc) is 2.46. The lowest BCUT2D eigenvalue weighted by molar-refractivity contribution is 0.244. The van der Waals surface area contributed by atoms with Gasteiger partial charge < -0.3 is 5.32 Å². The molecule has 0 atom stereocenters. The third-order valence-electron chi connectivity index (χ3n) is 2.34. The van der Waals surface area contributed by atoms with Crippen LogP contribution >= 0.6 is 0 Å². The number of aromatic nitrogens is 2. The molecule has 1 aromatic carbocycles. The first-order chi connectivity index (χ1) is 9.19. The van der Waals surface area contributed by atoms with Crippen LogP contribution in [-0.4, -0.2) is 23.3 Å². The van der Waals surface area contributed by atoms with Crippen LogP contribution in [0.3, 0.4) is 0 Å². The molecule has 2 rings (SSSR count). The van der Waals surface area contributed by atoms with Gasteiger partial charge in [-0.25, -0.2) is 9.18 Å². The Kier molecular flexibility index (Phi) is 3.87. The van der Waals surface area contributed by atoms with Crippen LogP contribution < -0.4 is 16.2 Å². The van der Waals surface area contributed by atoms with Gasteiger partial charge in [0.1, 0.15) is 5.82 Å². The molecule has 1 aromatic heterocycles. The van der Waals surface area contributed by atoms with E-state index in [-0.39, 0.29) is 11.8 Å². The maximum Gasteiger partial charge on any atom is 0.333 e. The molecule has 19 heavy (non-hydrogen) atoms. The number of hydrazine groups is 1. The predicted octanol–water partition coefficient (Wildman–Crippen LogP) is 1.54. The van der Waals surface area contributed by atoms with Gasteiger partial charge in [-0.2, -0.15) is 0 Å². The highest BCUT2D eigenvalue weighted by atomic mass is 19.1. The minimum atomic E-state index is -0.385. The van der Waals surface area contributed by atoms with Gasteiger partial charge in [-0.3, -0.25) is 10.9 Å². The molecule has 2 amide bonds. The minimum absolute atomic E-state index is 0.301. The first kappa shape index (κ1) is 12.7. The number of benzene rings is 1. The quantitative estimate of drug-likeness (QED) is 0.732. The maximum absolute atomic E-state index is 12.8. The summed E-state index contributed by atoms with van der Waals surface area (Å²) in [5.74, 6) is 0.0965. The number of halogens is 1. The van der Waals surface area contributed by atoms with E-state index in [2.05, 4.69) is 26.4 Å². The van der Waals surface area contributed by atoms with Crippen LogP contribution in [-0.2, 0) is 0 Å². The number of carbonyl (C=O) groups is 1. The summed E-state index contributed by atoms with van der Waals surface area (Å²) in [5, 5.41) is 10.2. The number of carbonyl (C=O) groups excluding carboxylic acids is 1. The van der Waals surface area contributed by atoms with Crippen molar-refractivity contribution < 1.29 is 9.18 Å². The van der Waals surface area contributed by atoms with Crippen molar-refractivity contribution in [2.24, 2.45) is 0 Å². The average molecular weight is 261 g/mol. The fourth-order valence-corrected chi connectivity index (χ4v) is 1.36. The first-order valence-electron chi connectivity index (χ1n) is 5.52. The molecule has 0 spiro atoms. The fraction of sp³-hybridized carbons (Fsp3) is 0.0833. The molecule has 0 radical (unpaired) electrons. The van der Waals surface area contributed by atoms with E-state index in [1.807, 2.05) is 0 Å². The summed E-state index contributed by atoms with van der Waals surface area (Å²) in [6, 6.07) is 8.94. The lowest BCUT2D eigenvalue weighted by Gasteiger charge is -2.06. The zero-order chi connectivity index (χ0) is 13.7. The summed E-state index contributed by atoms with van der Waals surface area (Å²) in [6.07, 6.45) is 0. The lowest BCUT2D eigenvalue weighted by Crippen LogP contribution is -2.37. The molecule has 7 heteroatoms. The molecule has 0 aliphatic rings. The zero-order valence-electron chi connectivity index (χ0n) is 10.1. The van der Waals surface area contributed by atoms with E-state index >= 15 is 0 Å². The highest BCUT2D eigenvalue weighted by Gasteiger charge is 2.02. The molecule has 6 nitrogen and oxygen atoms in total. The van der Waals surface area contributed by atoms with Crippen molar-refractivity contribution in [3.05, 3.63) is 42.2 Å². The number of urea groups is 1. The Labute approximate surface area is 109 Å². The van der Waals surface area contributed by atoms with Gasteiger partial charge in [0.05, 0.1) is 5.69 Å². The van der Waals surface area contributed by atoms with Crippen LogP contribution in [0.2, 0.25) is 0 Å². The number of nitrogens with zero attached hydrogens (tertiary/aromatic N) is 2. The summed E-state index contributed by atoms with van der Waals surface area (Å²) in [6.45, 7) is 0. The highest BCUT2D eigenvalue weighted by Crippen LogP contribution is 2.17. The first-order valence-corrected chi connectivity index (χ1v) is 5.52. The van der Waals surface area contributed by atoms with Crippen molar-refractivity contribution in [1.29, 1.82) is 0 Å². The standard InChI is InChI=1S/C12H12FN5O/c1-14-12(19)18-17-11-7-6-10(15-16-11)8-2-4-9(13)5-3-8/h2-7H,1H3,(H,16,17)(H2,14,18,19). The smallest absolute Gasteiger partial charge is 0.333 e. The van der Waals surface area contributed by atoms with Gasteiger partial charge >= 0.3 is 6.03 Å². The van der Waals surface area contributed by atoms with Gasteiger partial charge in [-0.15, -0.1) is 10.2 Å². The van der Waals surface area contributed by atoms with Crippen LogP contribution in [0.15, 0.2) is 36.4 Å². The Morgan fingerprint density at radius 2 is 1.84 bits per heavy atom. The van der Waals surface area contributed by atoms with Crippen LogP contribution in [0.5, 0.6) is 0 Å². The van der Waals surface area contributed by atoms with Gasteiger partial charge in [0.25, 0.3) is 0 Å². The van der Waals surface area contributed by atoms with Gasteiger partial charge in [0.15, 0.2) is 5.82 Å². The maximum atomic E-state index is 12.8. The van der Waals surface area contributed by atoms with E-state index in [0.29, 0.717) is 11.5 Å². The van der Waals surface area contributed by atoms with Crippen molar-refractivity contribution in [2.45, 2.75) is 0 Å². The molecule has 98 valence electrons. The van der Waals surface area contributed by atoms with E-state index in [9.17, 15) is 9.18 Å². The fourth-order valence-electron chi connectivity index (χ4n) is 1.36.